The maximum absolute atomic E-state index is 14.3. The molecular formula is C42H59NO5. The summed E-state index contributed by atoms with van der Waals surface area (Å²) in [7, 11) is 0. The van der Waals surface area contributed by atoms with Crippen molar-refractivity contribution < 1.29 is 24.6 Å². The van der Waals surface area contributed by atoms with Crippen LogP contribution in [0.2, 0.25) is 0 Å². The number of hydrogen-bond acceptors (Lipinski definition) is 4. The molecule has 262 valence electrons. The molecule has 3 N–H and O–H groups in total. The molecule has 0 spiro atoms. The first-order chi connectivity index (χ1) is 22.5. The van der Waals surface area contributed by atoms with Gasteiger partial charge in [-0.2, -0.15) is 0 Å². The zero-order chi connectivity index (χ0) is 34.9. The van der Waals surface area contributed by atoms with E-state index in [-0.39, 0.29) is 33.6 Å². The van der Waals surface area contributed by atoms with Crippen molar-refractivity contribution >= 4 is 23.3 Å². The second kappa shape index (κ2) is 12.2. The molecule has 9 atom stereocenters. The number of fused-ring (bicyclic) bond motifs is 7. The van der Waals surface area contributed by atoms with Gasteiger partial charge in [-0.05, 0) is 152 Å². The number of rotatable bonds is 10. The van der Waals surface area contributed by atoms with Gasteiger partial charge in [0.05, 0.1) is 12.1 Å². The van der Waals surface area contributed by atoms with Crippen LogP contribution < -0.4 is 5.32 Å². The number of ketones is 1. The molecule has 1 aromatic carbocycles. The standard InChI is InChI=1S/C42H59NO5/c1-26(2)29-16-21-42(34(44)9-8-24-43-25-35(45)46)23-22-40(6)31(36(29)42)14-15-33-39(5)19-17-30(27-10-12-28(13-11-27)37(47)48)38(3,4)32(39)18-20-41(33,40)7/h10-13,17,29,31-33,36,43H,1,8-9,14-16,18-25H2,2-7H3,(H,45,46)(H,47,48)/t29-,31+,32-,33+,36+,39-,40+,41+,42+/m0/s1. The highest BCUT2D eigenvalue weighted by Gasteiger charge is 2.71. The lowest BCUT2D eigenvalue weighted by atomic mass is 9.32. The van der Waals surface area contributed by atoms with E-state index in [1.165, 1.54) is 36.8 Å². The second-order valence-electron chi connectivity index (χ2n) is 17.9. The predicted molar refractivity (Wildman–Crippen MR) is 190 cm³/mol. The topological polar surface area (TPSA) is 104 Å². The number of carboxylic acid groups (broad SMARTS) is 2. The molecule has 0 bridgehead atoms. The molecule has 6 rings (SSSR count). The number of carbonyl (C=O) groups is 3. The highest BCUT2D eigenvalue weighted by molar-refractivity contribution is 5.88. The van der Waals surface area contributed by atoms with Gasteiger partial charge in [-0.1, -0.05) is 65.0 Å². The van der Waals surface area contributed by atoms with Gasteiger partial charge in [0.15, 0.2) is 0 Å². The van der Waals surface area contributed by atoms with Crippen LogP contribution >= 0.6 is 0 Å². The molecule has 0 heterocycles. The van der Waals surface area contributed by atoms with Crippen LogP contribution in [0.3, 0.4) is 0 Å². The number of Topliss-reactive ketones (excluding diaryl/α,β-unsaturated/α-hetero) is 1. The Morgan fingerprint density at radius 2 is 1.58 bits per heavy atom. The number of benzene rings is 1. The van der Waals surface area contributed by atoms with E-state index >= 15 is 0 Å². The van der Waals surface area contributed by atoms with E-state index in [9.17, 15) is 19.5 Å². The molecule has 0 saturated heterocycles. The van der Waals surface area contributed by atoms with Crippen molar-refractivity contribution in [2.24, 2.45) is 56.7 Å². The van der Waals surface area contributed by atoms with Gasteiger partial charge in [-0.3, -0.25) is 9.59 Å². The summed E-state index contributed by atoms with van der Waals surface area (Å²) in [5.41, 5.74) is 4.29. The van der Waals surface area contributed by atoms with Crippen LogP contribution in [0.1, 0.15) is 128 Å². The first-order valence-electron chi connectivity index (χ1n) is 18.7. The van der Waals surface area contributed by atoms with Crippen molar-refractivity contribution in [3.8, 4) is 0 Å². The van der Waals surface area contributed by atoms with Crippen LogP contribution in [0.5, 0.6) is 0 Å². The fourth-order valence-corrected chi connectivity index (χ4v) is 13.3. The minimum atomic E-state index is -0.886. The first-order valence-corrected chi connectivity index (χ1v) is 18.7. The van der Waals surface area contributed by atoms with Gasteiger partial charge in [0.1, 0.15) is 5.78 Å². The third-order valence-electron chi connectivity index (χ3n) is 15.7. The third-order valence-corrected chi connectivity index (χ3v) is 15.7. The smallest absolute Gasteiger partial charge is 0.335 e. The molecule has 5 aliphatic rings. The van der Waals surface area contributed by atoms with Crippen molar-refractivity contribution in [2.75, 3.05) is 13.1 Å². The van der Waals surface area contributed by atoms with Gasteiger partial charge in [-0.15, -0.1) is 0 Å². The average molecular weight is 658 g/mol. The number of carbonyl (C=O) groups excluding carboxylic acids is 1. The minimum absolute atomic E-state index is 0.0270. The summed E-state index contributed by atoms with van der Waals surface area (Å²) < 4.78 is 0. The van der Waals surface area contributed by atoms with Crippen LogP contribution in [-0.2, 0) is 9.59 Å². The number of aromatic carboxylic acids is 1. The van der Waals surface area contributed by atoms with Crippen LogP contribution in [0.4, 0.5) is 0 Å². The molecule has 0 amide bonds. The number of allylic oxidation sites excluding steroid dienone is 3. The summed E-state index contributed by atoms with van der Waals surface area (Å²) in [5, 5.41) is 21.4. The Balaban J connectivity index is 1.29. The first kappa shape index (κ1) is 35.1. The van der Waals surface area contributed by atoms with E-state index in [4.69, 9.17) is 5.11 Å². The van der Waals surface area contributed by atoms with Crippen molar-refractivity contribution in [3.63, 3.8) is 0 Å². The molecule has 6 heteroatoms. The Kier molecular flexibility index (Phi) is 8.96. The molecule has 5 aliphatic carbocycles. The van der Waals surface area contributed by atoms with Crippen LogP contribution in [0.15, 0.2) is 42.5 Å². The van der Waals surface area contributed by atoms with E-state index in [1.807, 2.05) is 12.1 Å². The summed E-state index contributed by atoms with van der Waals surface area (Å²) in [6.07, 6.45) is 13.6. The molecule has 0 aliphatic heterocycles. The lowest BCUT2D eigenvalue weighted by Gasteiger charge is -2.72. The predicted octanol–water partition coefficient (Wildman–Crippen LogP) is 9.06. The Labute approximate surface area is 288 Å². The van der Waals surface area contributed by atoms with Gasteiger partial charge in [-0.25, -0.2) is 4.79 Å². The molecular weight excluding hydrogens is 598 g/mol. The van der Waals surface area contributed by atoms with Gasteiger partial charge < -0.3 is 15.5 Å². The fraction of sp³-hybridized carbons (Fsp3) is 0.690. The summed E-state index contributed by atoms with van der Waals surface area (Å²) in [4.78, 5) is 36.8. The Morgan fingerprint density at radius 1 is 0.875 bits per heavy atom. The molecule has 48 heavy (non-hydrogen) atoms. The van der Waals surface area contributed by atoms with Crippen LogP contribution in [0.25, 0.3) is 5.57 Å². The van der Waals surface area contributed by atoms with Crippen molar-refractivity contribution in [1.29, 1.82) is 0 Å². The Morgan fingerprint density at radius 3 is 2.23 bits per heavy atom. The number of nitrogens with one attached hydrogen (secondary N) is 1. The van der Waals surface area contributed by atoms with Gasteiger partial charge in [0.2, 0.25) is 0 Å². The molecule has 0 unspecified atom stereocenters. The Bertz CT molecular complexity index is 1510. The van der Waals surface area contributed by atoms with Crippen molar-refractivity contribution in [3.05, 3.63) is 53.6 Å². The van der Waals surface area contributed by atoms with Gasteiger partial charge >= 0.3 is 11.9 Å². The number of carboxylic acids is 2. The fourth-order valence-electron chi connectivity index (χ4n) is 13.3. The summed E-state index contributed by atoms with van der Waals surface area (Å²) in [6, 6.07) is 7.49. The number of aliphatic carboxylic acids is 1. The lowest BCUT2D eigenvalue weighted by Crippen LogP contribution is -2.65. The van der Waals surface area contributed by atoms with Crippen molar-refractivity contribution in [1.82, 2.24) is 5.32 Å². The van der Waals surface area contributed by atoms with E-state index in [0.29, 0.717) is 60.3 Å². The van der Waals surface area contributed by atoms with E-state index in [0.717, 1.165) is 37.7 Å². The summed E-state index contributed by atoms with van der Waals surface area (Å²) in [5.74, 6) is 1.05. The largest absolute Gasteiger partial charge is 0.480 e. The quantitative estimate of drug-likeness (QED) is 0.171. The van der Waals surface area contributed by atoms with Gasteiger partial charge in [0, 0.05) is 11.8 Å². The molecule has 0 radical (unpaired) electrons. The third kappa shape index (κ3) is 5.17. The average Bonchev–Trinajstić information content (AvgIpc) is 3.42. The monoisotopic (exact) mass is 657 g/mol. The van der Waals surface area contributed by atoms with E-state index in [1.54, 1.807) is 12.1 Å². The normalized spacial score (nSPS) is 39.6. The molecule has 4 saturated carbocycles. The zero-order valence-electron chi connectivity index (χ0n) is 30.3. The summed E-state index contributed by atoms with van der Waals surface area (Å²) >= 11 is 0. The van der Waals surface area contributed by atoms with E-state index < -0.39 is 11.9 Å². The highest BCUT2D eigenvalue weighted by atomic mass is 16.4. The number of hydrogen-bond donors (Lipinski definition) is 3. The minimum Gasteiger partial charge on any atom is -0.480 e. The van der Waals surface area contributed by atoms with Gasteiger partial charge in [0.25, 0.3) is 0 Å². The lowest BCUT2D eigenvalue weighted by molar-refractivity contribution is -0.224. The highest BCUT2D eigenvalue weighted by Crippen LogP contribution is 2.78. The summed E-state index contributed by atoms with van der Waals surface area (Å²) in [6.45, 7) is 19.9. The van der Waals surface area contributed by atoms with E-state index in [2.05, 4.69) is 59.5 Å². The van der Waals surface area contributed by atoms with Crippen LogP contribution in [-0.4, -0.2) is 41.0 Å². The second-order valence-corrected chi connectivity index (χ2v) is 17.9. The van der Waals surface area contributed by atoms with Crippen molar-refractivity contribution in [2.45, 2.75) is 112 Å². The molecule has 4 fully saturated rings. The Hall–Kier alpha value is -2.73. The SMILES string of the molecule is C=C(C)[C@@H]1CC[C@]2(C(=O)CCCNCC(=O)O)CC[C@]3(C)[C@H](CC[C@@H]4[C@@]5(C)CC=C(c6ccc(C(=O)O)cc6)C(C)(C)[C@@H]5CC[C@]43C)[C@@H]12. The molecule has 0 aromatic heterocycles. The maximum atomic E-state index is 14.3. The zero-order valence-corrected chi connectivity index (χ0v) is 30.3. The van der Waals surface area contributed by atoms with Crippen LogP contribution in [0, 0.1) is 56.7 Å². The maximum Gasteiger partial charge on any atom is 0.335 e. The molecule has 1 aromatic rings. The molecule has 6 nitrogen and oxygen atoms in total.